The Morgan fingerprint density at radius 1 is 1.33 bits per heavy atom. The Balaban J connectivity index is 1.71. The summed E-state index contributed by atoms with van der Waals surface area (Å²) >= 11 is 6.07. The fourth-order valence-electron chi connectivity index (χ4n) is 2.33. The van der Waals surface area contributed by atoms with Crippen molar-refractivity contribution in [2.75, 3.05) is 6.54 Å². The standard InChI is InChI=1S/C16H14ClN3O/c17-14-4-2-1-3-12(14)5-6-16(21)20-8-7-15-13(10-20)9-18-11-19-15/h1-6,9,11H,7-8,10H2. The number of carbonyl (C=O) groups excluding carboxylic acids is 1. The van der Waals surface area contributed by atoms with Gasteiger partial charge in [-0.2, -0.15) is 0 Å². The van der Waals surface area contributed by atoms with Crippen molar-refractivity contribution in [3.63, 3.8) is 0 Å². The van der Waals surface area contributed by atoms with E-state index in [-0.39, 0.29) is 5.91 Å². The molecule has 5 heteroatoms. The summed E-state index contributed by atoms with van der Waals surface area (Å²) < 4.78 is 0. The number of nitrogens with zero attached hydrogens (tertiary/aromatic N) is 3. The van der Waals surface area contributed by atoms with Crippen LogP contribution in [-0.4, -0.2) is 27.3 Å². The van der Waals surface area contributed by atoms with E-state index in [1.54, 1.807) is 35.6 Å². The quantitative estimate of drug-likeness (QED) is 0.801. The number of hydrogen-bond donors (Lipinski definition) is 0. The molecule has 1 amide bonds. The first-order valence-electron chi connectivity index (χ1n) is 6.73. The van der Waals surface area contributed by atoms with E-state index < -0.39 is 0 Å². The summed E-state index contributed by atoms with van der Waals surface area (Å²) in [5.74, 6) is -0.0237. The molecule has 1 aliphatic heterocycles. The Bertz CT molecular complexity index is 699. The Hall–Kier alpha value is -2.20. The summed E-state index contributed by atoms with van der Waals surface area (Å²) in [4.78, 5) is 22.3. The maximum absolute atomic E-state index is 12.2. The van der Waals surface area contributed by atoms with Crippen molar-refractivity contribution < 1.29 is 4.79 Å². The number of carbonyl (C=O) groups is 1. The minimum atomic E-state index is -0.0237. The van der Waals surface area contributed by atoms with Gasteiger partial charge in [-0.15, -0.1) is 0 Å². The fraction of sp³-hybridized carbons (Fsp3) is 0.188. The van der Waals surface area contributed by atoms with Crippen molar-refractivity contribution in [2.24, 2.45) is 0 Å². The second-order valence-corrected chi connectivity index (χ2v) is 5.27. The van der Waals surface area contributed by atoms with Crippen LogP contribution in [0, 0.1) is 0 Å². The van der Waals surface area contributed by atoms with Crippen LogP contribution in [0.4, 0.5) is 0 Å². The minimum Gasteiger partial charge on any atom is -0.334 e. The van der Waals surface area contributed by atoms with Crippen LogP contribution in [0.2, 0.25) is 5.02 Å². The van der Waals surface area contributed by atoms with Gasteiger partial charge in [0, 0.05) is 42.4 Å². The highest BCUT2D eigenvalue weighted by Crippen LogP contribution is 2.18. The lowest BCUT2D eigenvalue weighted by molar-refractivity contribution is -0.126. The molecular weight excluding hydrogens is 286 g/mol. The normalized spacial score (nSPS) is 14.2. The summed E-state index contributed by atoms with van der Waals surface area (Å²) in [6.45, 7) is 1.23. The van der Waals surface area contributed by atoms with Crippen molar-refractivity contribution >= 4 is 23.6 Å². The van der Waals surface area contributed by atoms with E-state index >= 15 is 0 Å². The van der Waals surface area contributed by atoms with Gasteiger partial charge in [0.25, 0.3) is 0 Å². The number of aromatic nitrogens is 2. The van der Waals surface area contributed by atoms with E-state index in [0.29, 0.717) is 18.1 Å². The summed E-state index contributed by atoms with van der Waals surface area (Å²) in [5, 5.41) is 0.638. The van der Waals surface area contributed by atoms with Gasteiger partial charge in [0.2, 0.25) is 5.91 Å². The van der Waals surface area contributed by atoms with E-state index in [1.807, 2.05) is 18.2 Å². The number of hydrogen-bond acceptors (Lipinski definition) is 3. The first-order chi connectivity index (χ1) is 10.2. The van der Waals surface area contributed by atoms with Gasteiger partial charge >= 0.3 is 0 Å². The second kappa shape index (κ2) is 6.06. The number of halogens is 1. The van der Waals surface area contributed by atoms with Gasteiger partial charge in [0.05, 0.1) is 5.69 Å². The third-order valence-corrected chi connectivity index (χ3v) is 3.83. The van der Waals surface area contributed by atoms with Crippen molar-refractivity contribution in [3.05, 3.63) is 64.7 Å². The van der Waals surface area contributed by atoms with Crippen LogP contribution in [0.1, 0.15) is 16.8 Å². The Kier molecular flexibility index (Phi) is 3.97. The fourth-order valence-corrected chi connectivity index (χ4v) is 2.53. The Labute approximate surface area is 128 Å². The highest BCUT2D eigenvalue weighted by molar-refractivity contribution is 6.32. The van der Waals surface area contributed by atoms with E-state index in [2.05, 4.69) is 9.97 Å². The summed E-state index contributed by atoms with van der Waals surface area (Å²) in [7, 11) is 0. The summed E-state index contributed by atoms with van der Waals surface area (Å²) in [6.07, 6.45) is 7.41. The highest BCUT2D eigenvalue weighted by Gasteiger charge is 2.19. The predicted molar refractivity (Wildman–Crippen MR) is 81.6 cm³/mol. The highest BCUT2D eigenvalue weighted by atomic mass is 35.5. The summed E-state index contributed by atoms with van der Waals surface area (Å²) in [6, 6.07) is 7.44. The zero-order valence-corrected chi connectivity index (χ0v) is 12.1. The lowest BCUT2D eigenvalue weighted by Crippen LogP contribution is -2.35. The molecule has 0 spiro atoms. The molecule has 4 nitrogen and oxygen atoms in total. The maximum Gasteiger partial charge on any atom is 0.246 e. The van der Waals surface area contributed by atoms with Crippen LogP contribution in [0.15, 0.2) is 42.9 Å². The number of rotatable bonds is 2. The molecule has 1 aromatic carbocycles. The number of fused-ring (bicyclic) bond motifs is 1. The lowest BCUT2D eigenvalue weighted by Gasteiger charge is -2.26. The van der Waals surface area contributed by atoms with E-state index in [1.165, 1.54) is 0 Å². The first kappa shape index (κ1) is 13.8. The van der Waals surface area contributed by atoms with Crippen LogP contribution < -0.4 is 0 Å². The van der Waals surface area contributed by atoms with Crippen LogP contribution in [-0.2, 0) is 17.8 Å². The predicted octanol–water partition coefficient (Wildman–Crippen LogP) is 2.73. The topological polar surface area (TPSA) is 46.1 Å². The minimum absolute atomic E-state index is 0.0237. The van der Waals surface area contributed by atoms with Gasteiger partial charge in [-0.1, -0.05) is 29.8 Å². The van der Waals surface area contributed by atoms with E-state index in [9.17, 15) is 4.79 Å². The molecule has 1 aliphatic rings. The molecule has 0 N–H and O–H groups in total. The zero-order valence-electron chi connectivity index (χ0n) is 11.4. The number of benzene rings is 1. The molecule has 106 valence electrons. The monoisotopic (exact) mass is 299 g/mol. The van der Waals surface area contributed by atoms with Gasteiger partial charge in [-0.25, -0.2) is 9.97 Å². The van der Waals surface area contributed by atoms with Crippen molar-refractivity contribution in [2.45, 2.75) is 13.0 Å². The molecule has 0 aliphatic carbocycles. The van der Waals surface area contributed by atoms with Crippen LogP contribution in [0.5, 0.6) is 0 Å². The molecule has 2 aromatic rings. The molecule has 0 unspecified atom stereocenters. The Morgan fingerprint density at radius 2 is 2.19 bits per heavy atom. The van der Waals surface area contributed by atoms with Crippen molar-refractivity contribution in [1.29, 1.82) is 0 Å². The zero-order chi connectivity index (χ0) is 14.7. The van der Waals surface area contributed by atoms with Crippen molar-refractivity contribution in [1.82, 2.24) is 14.9 Å². The first-order valence-corrected chi connectivity index (χ1v) is 7.11. The smallest absolute Gasteiger partial charge is 0.246 e. The van der Waals surface area contributed by atoms with Gasteiger partial charge < -0.3 is 4.90 Å². The molecule has 0 fully saturated rings. The molecular formula is C16H14ClN3O. The molecule has 0 saturated heterocycles. The van der Waals surface area contributed by atoms with E-state index in [4.69, 9.17) is 11.6 Å². The van der Waals surface area contributed by atoms with Crippen LogP contribution in [0.3, 0.4) is 0 Å². The molecule has 0 atom stereocenters. The van der Waals surface area contributed by atoms with Gasteiger partial charge in [-0.05, 0) is 17.7 Å². The van der Waals surface area contributed by atoms with Gasteiger partial charge in [-0.3, -0.25) is 4.79 Å². The van der Waals surface area contributed by atoms with Crippen LogP contribution in [0.25, 0.3) is 6.08 Å². The average molecular weight is 300 g/mol. The van der Waals surface area contributed by atoms with Gasteiger partial charge in [0.15, 0.2) is 0 Å². The molecule has 2 heterocycles. The second-order valence-electron chi connectivity index (χ2n) is 4.86. The maximum atomic E-state index is 12.2. The largest absolute Gasteiger partial charge is 0.334 e. The Morgan fingerprint density at radius 3 is 3.05 bits per heavy atom. The van der Waals surface area contributed by atoms with E-state index in [0.717, 1.165) is 23.2 Å². The third kappa shape index (κ3) is 3.11. The average Bonchev–Trinajstić information content (AvgIpc) is 2.53. The van der Waals surface area contributed by atoms with Gasteiger partial charge in [0.1, 0.15) is 6.33 Å². The summed E-state index contributed by atoms with van der Waals surface area (Å²) in [5.41, 5.74) is 2.89. The third-order valence-electron chi connectivity index (χ3n) is 3.48. The molecule has 0 radical (unpaired) electrons. The SMILES string of the molecule is O=C(C=Cc1ccccc1Cl)N1CCc2ncncc2C1. The molecule has 0 bridgehead atoms. The van der Waals surface area contributed by atoms with Crippen LogP contribution >= 0.6 is 11.6 Å². The van der Waals surface area contributed by atoms with Crippen molar-refractivity contribution in [3.8, 4) is 0 Å². The molecule has 0 saturated carbocycles. The molecule has 3 rings (SSSR count). The molecule has 21 heavy (non-hydrogen) atoms. The molecule has 1 aromatic heterocycles. The number of amides is 1. The lowest BCUT2D eigenvalue weighted by atomic mass is 10.1.